The molecular weight excluding hydrogens is 482 g/mol. The molecule has 0 saturated carbocycles. The second-order valence-electron chi connectivity index (χ2n) is 9.34. The minimum atomic E-state index is -2.49. The van der Waals surface area contributed by atoms with Gasteiger partial charge in [-0.05, 0) is 48.4 Å². The third-order valence-electron chi connectivity index (χ3n) is 5.85. The van der Waals surface area contributed by atoms with Gasteiger partial charge in [0.25, 0.3) is 0 Å². The molecule has 0 aliphatic heterocycles. The molecule has 1 unspecified atom stereocenters. The van der Waals surface area contributed by atoms with Gasteiger partial charge in [0.2, 0.25) is 5.91 Å². The third-order valence-corrected chi connectivity index (χ3v) is 6.34. The Morgan fingerprint density at radius 2 is 1.82 bits per heavy atom. The van der Waals surface area contributed by atoms with Crippen molar-refractivity contribution in [3.05, 3.63) is 70.2 Å². The van der Waals surface area contributed by atoms with Gasteiger partial charge in [0.1, 0.15) is 6.61 Å². The molecule has 0 radical (unpaired) electrons. The SMILES string of the molecule is [2H]C([2H])([2H])NNC(=O)C(C)(CCCC(C)(C)CN(C)C(=O)OCc1ccccc1)c1cccc(Br)c1. The highest BCUT2D eigenvalue weighted by Gasteiger charge is 2.35. The number of carbonyl (C=O) groups excluding carboxylic acids is 2. The number of nitrogens with zero attached hydrogens (tertiary/aromatic N) is 1. The van der Waals surface area contributed by atoms with Crippen LogP contribution in [-0.2, 0) is 21.6 Å². The van der Waals surface area contributed by atoms with Crippen LogP contribution in [0.25, 0.3) is 0 Å². The molecule has 1 atom stereocenters. The number of amides is 2. The number of rotatable bonds is 11. The van der Waals surface area contributed by atoms with E-state index in [0.717, 1.165) is 22.0 Å². The summed E-state index contributed by atoms with van der Waals surface area (Å²) in [4.78, 5) is 27.2. The van der Waals surface area contributed by atoms with Crippen molar-refractivity contribution in [1.82, 2.24) is 15.8 Å². The lowest BCUT2D eigenvalue weighted by Gasteiger charge is -2.33. The van der Waals surface area contributed by atoms with Gasteiger partial charge < -0.3 is 9.64 Å². The molecule has 2 amide bonds. The minimum Gasteiger partial charge on any atom is -0.445 e. The van der Waals surface area contributed by atoms with Gasteiger partial charge in [-0.1, -0.05) is 78.7 Å². The highest BCUT2D eigenvalue weighted by Crippen LogP contribution is 2.34. The van der Waals surface area contributed by atoms with Crippen LogP contribution in [0.5, 0.6) is 0 Å². The average Bonchev–Trinajstić information content (AvgIpc) is 2.80. The monoisotopic (exact) mass is 520 g/mol. The number of nitrogens with one attached hydrogen (secondary N) is 2. The maximum absolute atomic E-state index is 13.1. The smallest absolute Gasteiger partial charge is 0.409 e. The zero-order chi connectivity index (χ0) is 27.0. The first-order valence-electron chi connectivity index (χ1n) is 12.5. The number of hydrogen-bond donors (Lipinski definition) is 2. The molecule has 2 aromatic rings. The molecule has 6 nitrogen and oxygen atoms in total. The summed E-state index contributed by atoms with van der Waals surface area (Å²) in [6.45, 7) is 4.16. The number of hydrazine groups is 1. The van der Waals surface area contributed by atoms with Crippen molar-refractivity contribution in [1.29, 1.82) is 0 Å². The molecule has 0 aromatic heterocycles. The van der Waals surface area contributed by atoms with Gasteiger partial charge in [0.05, 0.1) is 5.41 Å². The molecule has 2 N–H and O–H groups in total. The fourth-order valence-corrected chi connectivity index (χ4v) is 4.35. The van der Waals surface area contributed by atoms with Crippen LogP contribution in [0.2, 0.25) is 0 Å². The van der Waals surface area contributed by atoms with E-state index in [1.54, 1.807) is 11.9 Å². The van der Waals surface area contributed by atoms with E-state index >= 15 is 0 Å². The van der Waals surface area contributed by atoms with Crippen LogP contribution in [0.1, 0.15) is 55.3 Å². The van der Waals surface area contributed by atoms with Gasteiger partial charge in [-0.25, -0.2) is 10.2 Å². The predicted molar refractivity (Wildman–Crippen MR) is 136 cm³/mol. The maximum atomic E-state index is 13.1. The first-order chi connectivity index (χ1) is 16.7. The Bertz CT molecular complexity index is 1020. The summed E-state index contributed by atoms with van der Waals surface area (Å²) in [5.74, 6) is -0.420. The molecule has 0 spiro atoms. The van der Waals surface area contributed by atoms with E-state index in [4.69, 9.17) is 8.85 Å². The Labute approximate surface area is 210 Å². The van der Waals surface area contributed by atoms with E-state index in [-0.39, 0.29) is 18.1 Å². The molecule has 0 aliphatic carbocycles. The fourth-order valence-electron chi connectivity index (χ4n) is 3.95. The Hall–Kier alpha value is -2.38. The van der Waals surface area contributed by atoms with Crippen molar-refractivity contribution in [2.75, 3.05) is 20.6 Å². The summed E-state index contributed by atoms with van der Waals surface area (Å²) in [5, 5.41) is 0. The summed E-state index contributed by atoms with van der Waals surface area (Å²) < 4.78 is 28.2. The van der Waals surface area contributed by atoms with Crippen molar-refractivity contribution in [3.8, 4) is 0 Å². The summed E-state index contributed by atoms with van der Waals surface area (Å²) >= 11 is 3.46. The first-order valence-corrected chi connectivity index (χ1v) is 11.8. The number of hydrogen-bond acceptors (Lipinski definition) is 4. The quantitative estimate of drug-likeness (QED) is 0.388. The number of ether oxygens (including phenoxy) is 1. The summed E-state index contributed by atoms with van der Waals surface area (Å²) in [6.07, 6.45) is 1.53. The summed E-state index contributed by atoms with van der Waals surface area (Å²) in [6, 6.07) is 17.0. The van der Waals surface area contributed by atoms with E-state index in [2.05, 4.69) is 40.6 Å². The molecule has 2 aromatic carbocycles. The average molecular weight is 522 g/mol. The van der Waals surface area contributed by atoms with Crippen LogP contribution < -0.4 is 10.9 Å². The highest BCUT2D eigenvalue weighted by molar-refractivity contribution is 9.10. The van der Waals surface area contributed by atoms with Crippen LogP contribution >= 0.6 is 15.9 Å². The van der Waals surface area contributed by atoms with E-state index in [1.807, 2.05) is 61.5 Å². The molecule has 0 heterocycles. The van der Waals surface area contributed by atoms with Crippen molar-refractivity contribution >= 4 is 27.9 Å². The molecule has 180 valence electrons. The number of halogens is 1. The normalized spacial score (nSPS) is 14.9. The maximum Gasteiger partial charge on any atom is 0.409 e. The first kappa shape index (κ1) is 22.4. The van der Waals surface area contributed by atoms with Gasteiger partial charge in [-0.2, -0.15) is 0 Å². The predicted octanol–water partition coefficient (Wildman–Crippen LogP) is 5.42. The van der Waals surface area contributed by atoms with E-state index < -0.39 is 18.3 Å². The van der Waals surface area contributed by atoms with Gasteiger partial charge in [0, 0.05) is 29.2 Å². The Morgan fingerprint density at radius 3 is 2.48 bits per heavy atom. The number of benzene rings is 2. The molecule has 0 saturated heterocycles. The summed E-state index contributed by atoms with van der Waals surface area (Å²) in [7, 11) is 1.72. The lowest BCUT2D eigenvalue weighted by molar-refractivity contribution is -0.127. The largest absolute Gasteiger partial charge is 0.445 e. The number of carbonyl (C=O) groups is 2. The van der Waals surface area contributed by atoms with Gasteiger partial charge >= 0.3 is 6.09 Å². The van der Waals surface area contributed by atoms with Gasteiger partial charge in [-0.3, -0.25) is 10.2 Å². The van der Waals surface area contributed by atoms with Crippen molar-refractivity contribution in [3.63, 3.8) is 0 Å². The second-order valence-corrected chi connectivity index (χ2v) is 10.3. The Kier molecular flexibility index (Phi) is 8.28. The molecule has 0 fully saturated rings. The zero-order valence-corrected chi connectivity index (χ0v) is 21.4. The van der Waals surface area contributed by atoms with Gasteiger partial charge in [-0.15, -0.1) is 0 Å². The van der Waals surface area contributed by atoms with Crippen LogP contribution in [-0.4, -0.2) is 37.5 Å². The minimum absolute atomic E-state index is 0.217. The zero-order valence-electron chi connectivity index (χ0n) is 22.8. The Morgan fingerprint density at radius 1 is 1.09 bits per heavy atom. The van der Waals surface area contributed by atoms with Crippen LogP contribution in [0, 0.1) is 5.41 Å². The molecule has 2 rings (SSSR count). The lowest BCUT2D eigenvalue weighted by Crippen LogP contribution is -2.47. The fraction of sp³-hybridized carbons (Fsp3) is 0.462. The topological polar surface area (TPSA) is 70.7 Å². The molecule has 7 heteroatoms. The highest BCUT2D eigenvalue weighted by atomic mass is 79.9. The van der Waals surface area contributed by atoms with Crippen molar-refractivity contribution < 1.29 is 18.4 Å². The van der Waals surface area contributed by atoms with Crippen LogP contribution in [0.3, 0.4) is 0 Å². The third kappa shape index (κ3) is 8.16. The molecule has 33 heavy (non-hydrogen) atoms. The van der Waals surface area contributed by atoms with Gasteiger partial charge in [0.15, 0.2) is 0 Å². The molecular formula is C26H36BrN3O3. The van der Waals surface area contributed by atoms with E-state index in [0.29, 0.717) is 19.4 Å². The standard InChI is InChI=1S/C26H36BrN3O3/c1-25(2,19-30(5)24(32)33-18-20-11-7-6-8-12-20)15-10-16-26(3,23(31)29-28-4)21-13-9-14-22(27)17-21/h6-9,11-14,17,28H,10,15-16,18-19H2,1-5H3,(H,29,31)/i4D3. The van der Waals surface area contributed by atoms with Crippen molar-refractivity contribution in [2.45, 2.75) is 52.1 Å². The van der Waals surface area contributed by atoms with Crippen LogP contribution in [0.15, 0.2) is 59.1 Å². The van der Waals surface area contributed by atoms with E-state index in [9.17, 15) is 9.59 Å². The lowest BCUT2D eigenvalue weighted by atomic mass is 9.75. The Balaban J connectivity index is 1.99. The summed E-state index contributed by atoms with van der Waals surface area (Å²) in [5.41, 5.74) is 5.00. The second kappa shape index (κ2) is 12.2. The van der Waals surface area contributed by atoms with Crippen molar-refractivity contribution in [2.24, 2.45) is 5.41 Å². The molecule has 0 aliphatic rings. The van der Waals surface area contributed by atoms with E-state index in [1.165, 1.54) is 0 Å². The molecule has 0 bridgehead atoms. The van der Waals surface area contributed by atoms with Crippen LogP contribution in [0.4, 0.5) is 4.79 Å².